The van der Waals surface area contributed by atoms with E-state index in [0.717, 1.165) is 23.7 Å². The number of anilines is 1. The number of ether oxygens (including phenoxy) is 1. The van der Waals surface area contributed by atoms with Crippen molar-refractivity contribution < 1.29 is 9.53 Å². The fourth-order valence-electron chi connectivity index (χ4n) is 2.09. The molecule has 1 aliphatic rings. The van der Waals surface area contributed by atoms with E-state index < -0.39 is 0 Å². The van der Waals surface area contributed by atoms with E-state index >= 15 is 0 Å². The van der Waals surface area contributed by atoms with Gasteiger partial charge in [-0.1, -0.05) is 15.9 Å². The standard InChI is InChI=1S/C13H17BrN2O2/c1-18-11-6-9(14)5-10(7-11)16-12(17)8-13(15)3-2-4-13/h5-7H,2-4,8,15H2,1H3,(H,16,17). The van der Waals surface area contributed by atoms with Crippen LogP contribution in [0.5, 0.6) is 5.75 Å². The number of rotatable bonds is 4. The Morgan fingerprint density at radius 1 is 1.50 bits per heavy atom. The lowest BCUT2D eigenvalue weighted by Crippen LogP contribution is -2.48. The highest BCUT2D eigenvalue weighted by atomic mass is 79.9. The number of halogens is 1. The first-order valence-electron chi connectivity index (χ1n) is 5.94. The first-order chi connectivity index (χ1) is 8.50. The van der Waals surface area contributed by atoms with Crippen LogP contribution in [0.25, 0.3) is 0 Å². The molecule has 0 aromatic heterocycles. The van der Waals surface area contributed by atoms with Crippen molar-refractivity contribution >= 4 is 27.5 Å². The molecular weight excluding hydrogens is 296 g/mol. The molecule has 1 aromatic carbocycles. The molecule has 0 radical (unpaired) electrons. The number of hydrogen-bond acceptors (Lipinski definition) is 3. The monoisotopic (exact) mass is 312 g/mol. The van der Waals surface area contributed by atoms with E-state index in [9.17, 15) is 4.79 Å². The normalized spacial score (nSPS) is 16.8. The van der Waals surface area contributed by atoms with Gasteiger partial charge in [-0.15, -0.1) is 0 Å². The molecule has 0 spiro atoms. The molecule has 3 N–H and O–H groups in total. The first kappa shape index (κ1) is 13.4. The maximum atomic E-state index is 11.9. The van der Waals surface area contributed by atoms with Crippen LogP contribution in [0.3, 0.4) is 0 Å². The average molecular weight is 313 g/mol. The third-order valence-electron chi connectivity index (χ3n) is 3.25. The summed E-state index contributed by atoms with van der Waals surface area (Å²) in [5.41, 5.74) is 6.47. The van der Waals surface area contributed by atoms with E-state index in [1.165, 1.54) is 0 Å². The number of carbonyl (C=O) groups is 1. The summed E-state index contributed by atoms with van der Waals surface area (Å²) in [5.74, 6) is 0.656. The van der Waals surface area contributed by atoms with E-state index in [0.29, 0.717) is 17.9 Å². The highest BCUT2D eigenvalue weighted by Gasteiger charge is 2.34. The number of nitrogens with one attached hydrogen (secondary N) is 1. The maximum absolute atomic E-state index is 11.9. The van der Waals surface area contributed by atoms with E-state index in [2.05, 4.69) is 21.2 Å². The van der Waals surface area contributed by atoms with Crippen LogP contribution >= 0.6 is 15.9 Å². The van der Waals surface area contributed by atoms with Gasteiger partial charge in [0, 0.05) is 28.2 Å². The molecule has 2 rings (SSSR count). The van der Waals surface area contributed by atoms with Gasteiger partial charge in [0.05, 0.1) is 7.11 Å². The third kappa shape index (κ3) is 3.23. The maximum Gasteiger partial charge on any atom is 0.226 e. The molecule has 0 unspecified atom stereocenters. The van der Waals surface area contributed by atoms with Crippen LogP contribution in [0, 0.1) is 0 Å². The van der Waals surface area contributed by atoms with Gasteiger partial charge in [0.25, 0.3) is 0 Å². The summed E-state index contributed by atoms with van der Waals surface area (Å²) < 4.78 is 6.01. The summed E-state index contributed by atoms with van der Waals surface area (Å²) in [6.07, 6.45) is 3.36. The molecular formula is C13H17BrN2O2. The predicted molar refractivity (Wildman–Crippen MR) is 74.7 cm³/mol. The molecule has 1 amide bonds. The van der Waals surface area contributed by atoms with Crippen molar-refractivity contribution in [1.29, 1.82) is 0 Å². The molecule has 1 saturated carbocycles. The Morgan fingerprint density at radius 3 is 2.78 bits per heavy atom. The SMILES string of the molecule is COc1cc(Br)cc(NC(=O)CC2(N)CCC2)c1. The largest absolute Gasteiger partial charge is 0.497 e. The first-order valence-corrected chi connectivity index (χ1v) is 6.73. The molecule has 0 heterocycles. The zero-order chi connectivity index (χ0) is 13.2. The lowest BCUT2D eigenvalue weighted by molar-refractivity contribution is -0.118. The van der Waals surface area contributed by atoms with Crippen LogP contribution in [-0.4, -0.2) is 18.6 Å². The Hall–Kier alpha value is -1.07. The quantitative estimate of drug-likeness (QED) is 0.898. The van der Waals surface area contributed by atoms with Crippen LogP contribution < -0.4 is 15.8 Å². The second kappa shape index (κ2) is 5.28. The lowest BCUT2D eigenvalue weighted by Gasteiger charge is -2.37. The highest BCUT2D eigenvalue weighted by Crippen LogP contribution is 2.32. The zero-order valence-corrected chi connectivity index (χ0v) is 11.9. The van der Waals surface area contributed by atoms with E-state index in [-0.39, 0.29) is 11.4 Å². The number of benzene rings is 1. The van der Waals surface area contributed by atoms with Crippen LogP contribution in [-0.2, 0) is 4.79 Å². The zero-order valence-electron chi connectivity index (χ0n) is 10.3. The number of hydrogen-bond donors (Lipinski definition) is 2. The summed E-state index contributed by atoms with van der Waals surface area (Å²) in [5, 5.41) is 2.85. The second-order valence-electron chi connectivity index (χ2n) is 4.82. The number of methoxy groups -OCH3 is 1. The van der Waals surface area contributed by atoms with Gasteiger partial charge < -0.3 is 15.8 Å². The van der Waals surface area contributed by atoms with Gasteiger partial charge in [-0.3, -0.25) is 4.79 Å². The van der Waals surface area contributed by atoms with Gasteiger partial charge in [0.15, 0.2) is 0 Å². The van der Waals surface area contributed by atoms with E-state index in [1.807, 2.05) is 12.1 Å². The van der Waals surface area contributed by atoms with Gasteiger partial charge >= 0.3 is 0 Å². The highest BCUT2D eigenvalue weighted by molar-refractivity contribution is 9.10. The Bertz CT molecular complexity index is 458. The van der Waals surface area contributed by atoms with Gasteiger partial charge in [-0.25, -0.2) is 0 Å². The Morgan fingerprint density at radius 2 is 2.22 bits per heavy atom. The molecule has 4 nitrogen and oxygen atoms in total. The predicted octanol–water partition coefficient (Wildman–Crippen LogP) is 2.67. The minimum Gasteiger partial charge on any atom is -0.497 e. The van der Waals surface area contributed by atoms with E-state index in [1.54, 1.807) is 13.2 Å². The fourth-order valence-corrected chi connectivity index (χ4v) is 2.56. The summed E-state index contributed by atoms with van der Waals surface area (Å²) in [6.45, 7) is 0. The van der Waals surface area contributed by atoms with Crippen molar-refractivity contribution in [3.8, 4) is 5.75 Å². The molecule has 1 fully saturated rings. The molecule has 0 saturated heterocycles. The molecule has 0 aliphatic heterocycles. The lowest BCUT2D eigenvalue weighted by atomic mass is 9.75. The summed E-state index contributed by atoms with van der Waals surface area (Å²) in [6, 6.07) is 5.46. The minimum atomic E-state index is -0.291. The summed E-state index contributed by atoms with van der Waals surface area (Å²) >= 11 is 3.37. The molecule has 0 bridgehead atoms. The van der Waals surface area contributed by atoms with Crippen molar-refractivity contribution in [3.63, 3.8) is 0 Å². The van der Waals surface area contributed by atoms with Crippen molar-refractivity contribution in [2.75, 3.05) is 12.4 Å². The van der Waals surface area contributed by atoms with Gasteiger partial charge in [-0.05, 0) is 31.4 Å². The third-order valence-corrected chi connectivity index (χ3v) is 3.71. The summed E-state index contributed by atoms with van der Waals surface area (Å²) in [4.78, 5) is 11.9. The molecule has 18 heavy (non-hydrogen) atoms. The smallest absolute Gasteiger partial charge is 0.226 e. The van der Waals surface area contributed by atoms with Gasteiger partial charge in [-0.2, -0.15) is 0 Å². The van der Waals surface area contributed by atoms with Gasteiger partial charge in [0.2, 0.25) is 5.91 Å². The molecule has 1 aliphatic carbocycles. The van der Waals surface area contributed by atoms with Crippen molar-refractivity contribution in [1.82, 2.24) is 0 Å². The average Bonchev–Trinajstić information content (AvgIpc) is 2.25. The minimum absolute atomic E-state index is 0.0441. The Balaban J connectivity index is 2.00. The van der Waals surface area contributed by atoms with Gasteiger partial charge in [0.1, 0.15) is 5.75 Å². The van der Waals surface area contributed by atoms with Crippen LogP contribution in [0.15, 0.2) is 22.7 Å². The number of carbonyl (C=O) groups excluding carboxylic acids is 1. The van der Waals surface area contributed by atoms with Crippen molar-refractivity contribution in [2.45, 2.75) is 31.2 Å². The fraction of sp³-hybridized carbons (Fsp3) is 0.462. The van der Waals surface area contributed by atoms with E-state index in [4.69, 9.17) is 10.5 Å². The Kier molecular flexibility index (Phi) is 3.92. The summed E-state index contributed by atoms with van der Waals surface area (Å²) in [7, 11) is 1.59. The molecule has 5 heteroatoms. The molecule has 98 valence electrons. The van der Waals surface area contributed by atoms with Crippen molar-refractivity contribution in [3.05, 3.63) is 22.7 Å². The van der Waals surface area contributed by atoms with Crippen LogP contribution in [0.1, 0.15) is 25.7 Å². The second-order valence-corrected chi connectivity index (χ2v) is 5.74. The molecule has 1 aromatic rings. The van der Waals surface area contributed by atoms with Crippen LogP contribution in [0.2, 0.25) is 0 Å². The van der Waals surface area contributed by atoms with Crippen LogP contribution in [0.4, 0.5) is 5.69 Å². The molecule has 0 atom stereocenters. The number of amides is 1. The van der Waals surface area contributed by atoms with Crippen molar-refractivity contribution in [2.24, 2.45) is 5.73 Å². The Labute approximate surface area is 115 Å². The number of nitrogens with two attached hydrogens (primary N) is 1. The topological polar surface area (TPSA) is 64.3 Å².